The van der Waals surface area contributed by atoms with Crippen LogP contribution < -0.4 is 10.9 Å². The fraction of sp³-hybridized carbons (Fsp3) is 0.350. The highest BCUT2D eigenvalue weighted by Crippen LogP contribution is 2.35. The van der Waals surface area contributed by atoms with E-state index in [9.17, 15) is 9.59 Å². The highest BCUT2D eigenvalue weighted by molar-refractivity contribution is 7.19. The van der Waals surface area contributed by atoms with Crippen LogP contribution in [0.2, 0.25) is 0 Å². The van der Waals surface area contributed by atoms with Gasteiger partial charge < -0.3 is 5.32 Å². The lowest BCUT2D eigenvalue weighted by Crippen LogP contribution is -2.38. The summed E-state index contributed by atoms with van der Waals surface area (Å²) >= 11 is 1.51. The molecule has 1 fully saturated rings. The highest BCUT2D eigenvalue weighted by Gasteiger charge is 2.29. The van der Waals surface area contributed by atoms with Crippen LogP contribution >= 0.6 is 11.3 Å². The number of nitrogens with zero attached hydrogens (tertiary/aromatic N) is 2. The van der Waals surface area contributed by atoms with Gasteiger partial charge in [-0.3, -0.25) is 14.2 Å². The average molecular weight is 367 g/mol. The molecule has 0 bridgehead atoms. The van der Waals surface area contributed by atoms with Gasteiger partial charge in [0.15, 0.2) is 0 Å². The number of carbonyl (C=O) groups is 1. The molecule has 1 amide bonds. The minimum Gasteiger partial charge on any atom is -0.352 e. The summed E-state index contributed by atoms with van der Waals surface area (Å²) in [6.45, 7) is 4.03. The Morgan fingerprint density at radius 2 is 2.08 bits per heavy atom. The predicted octanol–water partition coefficient (Wildman–Crippen LogP) is 3.35. The molecular weight excluding hydrogens is 346 g/mol. The Bertz CT molecular complexity index is 1020. The summed E-state index contributed by atoms with van der Waals surface area (Å²) in [5.74, 6) is 0.446. The molecule has 0 unspecified atom stereocenters. The molecule has 2 aromatic heterocycles. The Morgan fingerprint density at radius 1 is 1.35 bits per heavy atom. The molecule has 2 heterocycles. The summed E-state index contributed by atoms with van der Waals surface area (Å²) < 4.78 is 1.41. The normalized spacial score (nSPS) is 15.2. The summed E-state index contributed by atoms with van der Waals surface area (Å²) in [4.78, 5) is 31.6. The van der Waals surface area contributed by atoms with E-state index in [4.69, 9.17) is 0 Å². The van der Waals surface area contributed by atoms with Gasteiger partial charge in [0.1, 0.15) is 11.4 Å². The number of aromatic nitrogens is 2. The maximum absolute atomic E-state index is 13.1. The Labute approximate surface area is 155 Å². The fourth-order valence-electron chi connectivity index (χ4n) is 3.37. The molecule has 4 rings (SSSR count). The van der Waals surface area contributed by atoms with E-state index in [1.807, 2.05) is 44.2 Å². The van der Waals surface area contributed by atoms with Crippen molar-refractivity contribution in [2.75, 3.05) is 0 Å². The zero-order valence-corrected chi connectivity index (χ0v) is 15.7. The maximum atomic E-state index is 13.1. The van der Waals surface area contributed by atoms with Crippen molar-refractivity contribution in [3.05, 3.63) is 51.9 Å². The van der Waals surface area contributed by atoms with Crippen LogP contribution in [0.1, 0.15) is 24.6 Å². The third kappa shape index (κ3) is 3.17. The molecule has 5 nitrogen and oxygen atoms in total. The molecule has 3 aromatic rings. The van der Waals surface area contributed by atoms with Gasteiger partial charge in [0.05, 0.1) is 11.7 Å². The Hall–Kier alpha value is -2.47. The molecule has 1 aliphatic carbocycles. The predicted molar refractivity (Wildman–Crippen MR) is 104 cm³/mol. The second-order valence-corrected chi connectivity index (χ2v) is 8.15. The van der Waals surface area contributed by atoms with Crippen LogP contribution in [-0.4, -0.2) is 21.5 Å². The van der Waals surface area contributed by atoms with Gasteiger partial charge in [-0.05, 0) is 38.2 Å². The summed E-state index contributed by atoms with van der Waals surface area (Å²) in [6, 6.07) is 10.0. The second-order valence-electron chi connectivity index (χ2n) is 6.95. The van der Waals surface area contributed by atoms with E-state index in [0.717, 1.165) is 16.0 Å². The molecule has 0 saturated heterocycles. The SMILES string of the molecule is Cc1sc2ncn(CC(=O)N[C@H](C)C3CC3)c(=O)c2c1-c1ccccc1. The molecule has 0 spiro atoms. The first-order valence-corrected chi connectivity index (χ1v) is 9.69. The van der Waals surface area contributed by atoms with Crippen molar-refractivity contribution in [3.8, 4) is 11.1 Å². The van der Waals surface area contributed by atoms with E-state index < -0.39 is 0 Å². The van der Waals surface area contributed by atoms with E-state index in [1.54, 1.807) is 0 Å². The minimum absolute atomic E-state index is 0.00194. The summed E-state index contributed by atoms with van der Waals surface area (Å²) in [5, 5.41) is 3.59. The van der Waals surface area contributed by atoms with Gasteiger partial charge in [0, 0.05) is 16.5 Å². The molecule has 1 aliphatic rings. The topological polar surface area (TPSA) is 64.0 Å². The Morgan fingerprint density at radius 3 is 2.77 bits per heavy atom. The minimum atomic E-state index is -0.160. The molecule has 134 valence electrons. The lowest BCUT2D eigenvalue weighted by Gasteiger charge is -2.13. The van der Waals surface area contributed by atoms with Gasteiger partial charge >= 0.3 is 0 Å². The standard InChI is InChI=1S/C20H21N3O2S/c1-12(14-8-9-14)22-16(24)10-23-11-21-19-18(20(23)25)17(13(2)26-19)15-6-4-3-5-7-15/h3-7,11-12,14H,8-10H2,1-2H3,(H,22,24)/t12-/m1/s1. The van der Waals surface area contributed by atoms with Crippen LogP contribution in [0.5, 0.6) is 0 Å². The molecule has 26 heavy (non-hydrogen) atoms. The van der Waals surface area contributed by atoms with E-state index >= 15 is 0 Å². The Kier molecular flexibility index (Phi) is 4.36. The first-order chi connectivity index (χ1) is 12.5. The van der Waals surface area contributed by atoms with Gasteiger partial charge in [-0.2, -0.15) is 0 Å². The number of benzene rings is 1. The van der Waals surface area contributed by atoms with Crippen molar-refractivity contribution >= 4 is 27.5 Å². The van der Waals surface area contributed by atoms with Gasteiger partial charge in [-0.25, -0.2) is 4.98 Å². The monoisotopic (exact) mass is 367 g/mol. The van der Waals surface area contributed by atoms with Crippen LogP contribution in [0.4, 0.5) is 0 Å². The lowest BCUT2D eigenvalue weighted by atomic mass is 10.0. The van der Waals surface area contributed by atoms with Gasteiger partial charge in [-0.1, -0.05) is 30.3 Å². The number of thiophene rings is 1. The highest BCUT2D eigenvalue weighted by atomic mass is 32.1. The number of carbonyl (C=O) groups excluding carboxylic acids is 1. The summed E-state index contributed by atoms with van der Waals surface area (Å²) in [5.41, 5.74) is 1.76. The molecular formula is C20H21N3O2S. The maximum Gasteiger partial charge on any atom is 0.263 e. The quantitative estimate of drug-likeness (QED) is 0.752. The third-order valence-corrected chi connectivity index (χ3v) is 5.96. The van der Waals surface area contributed by atoms with Crippen molar-refractivity contribution in [2.45, 2.75) is 39.3 Å². The molecule has 0 aliphatic heterocycles. The number of nitrogens with one attached hydrogen (secondary N) is 1. The van der Waals surface area contributed by atoms with E-state index in [0.29, 0.717) is 16.1 Å². The number of hydrogen-bond donors (Lipinski definition) is 1. The first kappa shape index (κ1) is 17.0. The van der Waals surface area contributed by atoms with Crippen molar-refractivity contribution in [1.82, 2.24) is 14.9 Å². The molecule has 1 atom stereocenters. The molecule has 6 heteroatoms. The van der Waals surface area contributed by atoms with Gasteiger partial charge in [0.25, 0.3) is 5.56 Å². The van der Waals surface area contributed by atoms with E-state index in [2.05, 4.69) is 10.3 Å². The van der Waals surface area contributed by atoms with Crippen LogP contribution in [0.25, 0.3) is 21.3 Å². The number of aryl methyl sites for hydroxylation is 1. The van der Waals surface area contributed by atoms with E-state index in [1.165, 1.54) is 35.1 Å². The first-order valence-electron chi connectivity index (χ1n) is 8.88. The molecule has 1 N–H and O–H groups in total. The third-order valence-electron chi connectivity index (χ3n) is 4.95. The molecule has 1 aromatic carbocycles. The van der Waals surface area contributed by atoms with Crippen molar-refractivity contribution < 1.29 is 4.79 Å². The molecule has 1 saturated carbocycles. The Balaban J connectivity index is 1.70. The molecule has 0 radical (unpaired) electrons. The number of fused-ring (bicyclic) bond motifs is 1. The van der Waals surface area contributed by atoms with Crippen molar-refractivity contribution in [3.63, 3.8) is 0 Å². The van der Waals surface area contributed by atoms with Crippen LogP contribution in [0.15, 0.2) is 41.5 Å². The van der Waals surface area contributed by atoms with Crippen molar-refractivity contribution in [1.29, 1.82) is 0 Å². The largest absolute Gasteiger partial charge is 0.352 e. The summed E-state index contributed by atoms with van der Waals surface area (Å²) in [7, 11) is 0. The van der Waals surface area contributed by atoms with Crippen LogP contribution in [0, 0.1) is 12.8 Å². The fourth-order valence-corrected chi connectivity index (χ4v) is 4.37. The van der Waals surface area contributed by atoms with Crippen LogP contribution in [-0.2, 0) is 11.3 Å². The van der Waals surface area contributed by atoms with Gasteiger partial charge in [0.2, 0.25) is 5.91 Å². The number of hydrogen-bond acceptors (Lipinski definition) is 4. The summed E-state index contributed by atoms with van der Waals surface area (Å²) in [6.07, 6.45) is 3.82. The van der Waals surface area contributed by atoms with Crippen LogP contribution in [0.3, 0.4) is 0 Å². The van der Waals surface area contributed by atoms with Gasteiger partial charge in [-0.15, -0.1) is 11.3 Å². The lowest BCUT2D eigenvalue weighted by molar-refractivity contribution is -0.122. The smallest absolute Gasteiger partial charge is 0.263 e. The van der Waals surface area contributed by atoms with E-state index in [-0.39, 0.29) is 24.1 Å². The second kappa shape index (κ2) is 6.68. The zero-order valence-electron chi connectivity index (χ0n) is 14.9. The average Bonchev–Trinajstić information content (AvgIpc) is 3.41. The number of rotatable bonds is 5. The number of amides is 1. The zero-order chi connectivity index (χ0) is 18.3. The van der Waals surface area contributed by atoms with Crippen molar-refractivity contribution in [2.24, 2.45) is 5.92 Å².